The molecule has 0 aliphatic carbocycles. The van der Waals surface area contributed by atoms with Gasteiger partial charge in [-0.05, 0) is 24.3 Å². The van der Waals surface area contributed by atoms with Crippen molar-refractivity contribution in [3.8, 4) is 23.6 Å². The van der Waals surface area contributed by atoms with Gasteiger partial charge in [-0.2, -0.15) is 10.5 Å². The molecule has 0 heterocycles. The van der Waals surface area contributed by atoms with Crippen molar-refractivity contribution in [1.29, 1.82) is 10.5 Å². The maximum Gasteiger partial charge on any atom is 0.310 e. The molecule has 0 spiro atoms. The highest BCUT2D eigenvalue weighted by molar-refractivity contribution is 5.55. The number of nitrogens with zero attached hydrogens (tertiary/aromatic N) is 3. The summed E-state index contributed by atoms with van der Waals surface area (Å²) in [5, 5.41) is 44.9. The van der Waals surface area contributed by atoms with Gasteiger partial charge in [-0.1, -0.05) is 0 Å². The van der Waals surface area contributed by atoms with Gasteiger partial charge in [-0.25, -0.2) is 0 Å². The predicted octanol–water partition coefficient (Wildman–Crippen LogP) is 2.02. The molecule has 8 nitrogen and oxygen atoms in total. The third-order valence-corrected chi connectivity index (χ3v) is 2.46. The summed E-state index contributed by atoms with van der Waals surface area (Å²) in [7, 11) is 0. The molecule has 0 aromatic heterocycles. The van der Waals surface area contributed by atoms with E-state index < -0.39 is 16.4 Å². The lowest BCUT2D eigenvalue weighted by Crippen LogP contribution is -1.88. The maximum atomic E-state index is 10.2. The van der Waals surface area contributed by atoms with Crippen molar-refractivity contribution in [3.05, 3.63) is 57.6 Å². The number of nitrogens with two attached hydrogens (primary N) is 1. The number of rotatable bonds is 1. The van der Waals surface area contributed by atoms with Crippen LogP contribution in [0.2, 0.25) is 0 Å². The Balaban J connectivity index is 0.000000224. The number of anilines is 1. The number of hydrogen-bond acceptors (Lipinski definition) is 7. The molecule has 0 atom stereocenters. The number of nitro benzene ring substituents is 1. The Kier molecular flexibility index (Phi) is 5.27. The smallest absolute Gasteiger partial charge is 0.310 e. The van der Waals surface area contributed by atoms with Crippen molar-refractivity contribution in [2.75, 3.05) is 5.73 Å². The molecule has 0 bridgehead atoms. The first-order chi connectivity index (χ1) is 10.4. The van der Waals surface area contributed by atoms with E-state index in [0.29, 0.717) is 11.3 Å². The van der Waals surface area contributed by atoms with Gasteiger partial charge >= 0.3 is 5.69 Å². The minimum atomic E-state index is -0.712. The first kappa shape index (κ1) is 16.3. The number of nitriles is 2. The number of nitro groups is 1. The maximum absolute atomic E-state index is 10.2. The minimum Gasteiger partial charge on any atom is -0.506 e. The second kappa shape index (κ2) is 7.12. The average molecular weight is 298 g/mol. The van der Waals surface area contributed by atoms with Crippen LogP contribution in [0.5, 0.6) is 11.5 Å². The minimum absolute atomic E-state index is 0.0425. The van der Waals surface area contributed by atoms with Gasteiger partial charge in [0.15, 0.2) is 5.75 Å². The van der Waals surface area contributed by atoms with Crippen LogP contribution in [-0.4, -0.2) is 15.1 Å². The Morgan fingerprint density at radius 3 is 1.91 bits per heavy atom. The second-order valence-corrected chi connectivity index (χ2v) is 3.96. The number of phenolic OH excluding ortho intramolecular Hbond substituents is 2. The van der Waals surface area contributed by atoms with Gasteiger partial charge in [0.1, 0.15) is 5.75 Å². The SMILES string of the molecule is N#Cc1ccc(N)c(O)c1.N#Cc1ccc([N+](=O)[O-])c(O)c1. The quantitative estimate of drug-likeness (QED) is 0.314. The van der Waals surface area contributed by atoms with Crippen molar-refractivity contribution < 1.29 is 15.1 Å². The molecule has 0 aliphatic rings. The Bertz CT molecular complexity index is 790. The summed E-state index contributed by atoms with van der Waals surface area (Å²) in [5.74, 6) is -0.530. The largest absolute Gasteiger partial charge is 0.506 e. The third kappa shape index (κ3) is 4.11. The Hall–Kier alpha value is -3.78. The molecule has 4 N–H and O–H groups in total. The number of benzene rings is 2. The van der Waals surface area contributed by atoms with Crippen LogP contribution in [-0.2, 0) is 0 Å². The lowest BCUT2D eigenvalue weighted by atomic mass is 10.2. The summed E-state index contributed by atoms with van der Waals surface area (Å²) in [6, 6.07) is 11.4. The highest BCUT2D eigenvalue weighted by atomic mass is 16.6. The van der Waals surface area contributed by atoms with E-state index in [0.717, 1.165) is 12.1 Å². The molecule has 0 fully saturated rings. The van der Waals surface area contributed by atoms with E-state index in [1.807, 2.05) is 6.07 Å². The summed E-state index contributed by atoms with van der Waals surface area (Å²) in [6.07, 6.45) is 0. The molecule has 0 saturated heterocycles. The van der Waals surface area contributed by atoms with E-state index in [-0.39, 0.29) is 11.3 Å². The van der Waals surface area contributed by atoms with E-state index in [1.54, 1.807) is 12.1 Å². The normalized spacial score (nSPS) is 8.82. The predicted molar refractivity (Wildman–Crippen MR) is 76.7 cm³/mol. The first-order valence-electron chi connectivity index (χ1n) is 5.75. The number of aromatic hydroxyl groups is 2. The zero-order chi connectivity index (χ0) is 16.7. The van der Waals surface area contributed by atoms with E-state index in [2.05, 4.69) is 0 Å². The molecule has 0 radical (unpaired) electrons. The lowest BCUT2D eigenvalue weighted by Gasteiger charge is -1.95. The van der Waals surface area contributed by atoms with E-state index in [4.69, 9.17) is 26.5 Å². The monoisotopic (exact) mass is 298 g/mol. The molecule has 0 amide bonds. The van der Waals surface area contributed by atoms with Crippen molar-refractivity contribution in [2.45, 2.75) is 0 Å². The zero-order valence-corrected chi connectivity index (χ0v) is 11.1. The second-order valence-electron chi connectivity index (χ2n) is 3.96. The fourth-order valence-corrected chi connectivity index (χ4v) is 1.36. The highest BCUT2D eigenvalue weighted by Gasteiger charge is 2.12. The van der Waals surface area contributed by atoms with Gasteiger partial charge in [0, 0.05) is 12.1 Å². The lowest BCUT2D eigenvalue weighted by molar-refractivity contribution is -0.385. The average Bonchev–Trinajstić information content (AvgIpc) is 2.50. The van der Waals surface area contributed by atoms with Gasteiger partial charge in [0.05, 0.1) is 33.9 Å². The number of phenols is 2. The molecule has 8 heteroatoms. The summed E-state index contributed by atoms with van der Waals surface area (Å²) in [6.45, 7) is 0. The Labute approximate surface area is 125 Å². The molecular formula is C14H10N4O4. The summed E-state index contributed by atoms with van der Waals surface area (Å²) in [4.78, 5) is 9.47. The summed E-state index contributed by atoms with van der Waals surface area (Å²) >= 11 is 0. The molecule has 0 unspecified atom stereocenters. The standard InChI is InChI=1S/C7H4N2O3.C7H6N2O/c8-4-5-1-2-6(9(11)12)7(10)3-5;8-4-5-1-2-6(9)7(10)3-5/h1-3,10H;1-3,10H,9H2. The van der Waals surface area contributed by atoms with E-state index in [1.165, 1.54) is 18.2 Å². The summed E-state index contributed by atoms with van der Waals surface area (Å²) < 4.78 is 0. The van der Waals surface area contributed by atoms with Crippen LogP contribution in [0.4, 0.5) is 11.4 Å². The van der Waals surface area contributed by atoms with E-state index in [9.17, 15) is 10.1 Å². The van der Waals surface area contributed by atoms with Crippen LogP contribution < -0.4 is 5.73 Å². The van der Waals surface area contributed by atoms with Crippen LogP contribution in [0.25, 0.3) is 0 Å². The first-order valence-corrected chi connectivity index (χ1v) is 5.75. The van der Waals surface area contributed by atoms with Crippen molar-refractivity contribution >= 4 is 11.4 Å². The number of nitrogen functional groups attached to an aromatic ring is 1. The molecule has 2 aromatic carbocycles. The Morgan fingerprint density at radius 1 is 1.00 bits per heavy atom. The zero-order valence-electron chi connectivity index (χ0n) is 11.1. The van der Waals surface area contributed by atoms with Crippen LogP contribution in [0.1, 0.15) is 11.1 Å². The van der Waals surface area contributed by atoms with Crippen LogP contribution >= 0.6 is 0 Å². The van der Waals surface area contributed by atoms with Gasteiger partial charge in [0.25, 0.3) is 0 Å². The van der Waals surface area contributed by atoms with E-state index >= 15 is 0 Å². The fraction of sp³-hybridized carbons (Fsp3) is 0. The fourth-order valence-electron chi connectivity index (χ4n) is 1.36. The van der Waals surface area contributed by atoms with Gasteiger partial charge in [-0.3, -0.25) is 10.1 Å². The van der Waals surface area contributed by atoms with Crippen LogP contribution in [0.15, 0.2) is 36.4 Å². The molecule has 2 aromatic rings. The molecule has 110 valence electrons. The Morgan fingerprint density at radius 2 is 1.50 bits per heavy atom. The van der Waals surface area contributed by atoms with Crippen LogP contribution in [0.3, 0.4) is 0 Å². The van der Waals surface area contributed by atoms with Gasteiger partial charge in [-0.15, -0.1) is 0 Å². The summed E-state index contributed by atoms with van der Waals surface area (Å²) in [5.41, 5.74) is 5.78. The van der Waals surface area contributed by atoms with Gasteiger partial charge < -0.3 is 15.9 Å². The molecule has 2 rings (SSSR count). The highest BCUT2D eigenvalue weighted by Crippen LogP contribution is 2.25. The van der Waals surface area contributed by atoms with Gasteiger partial charge in [0.2, 0.25) is 0 Å². The topological polar surface area (TPSA) is 157 Å². The molecule has 0 aliphatic heterocycles. The molecule has 22 heavy (non-hydrogen) atoms. The molecule has 0 saturated carbocycles. The van der Waals surface area contributed by atoms with Crippen molar-refractivity contribution in [2.24, 2.45) is 0 Å². The molecular weight excluding hydrogens is 288 g/mol. The van der Waals surface area contributed by atoms with Crippen LogP contribution in [0, 0.1) is 32.8 Å². The van der Waals surface area contributed by atoms with Crippen molar-refractivity contribution in [1.82, 2.24) is 0 Å². The number of hydrogen-bond donors (Lipinski definition) is 3. The van der Waals surface area contributed by atoms with Crippen molar-refractivity contribution in [3.63, 3.8) is 0 Å². The third-order valence-electron chi connectivity index (χ3n) is 2.46.